The van der Waals surface area contributed by atoms with E-state index >= 15 is 0 Å². The second-order valence-electron chi connectivity index (χ2n) is 8.54. The monoisotopic (exact) mass is 394 g/mol. The van der Waals surface area contributed by atoms with Crippen LogP contribution in [0.4, 0.5) is 4.79 Å². The van der Waals surface area contributed by atoms with E-state index in [1.54, 1.807) is 33.5 Å². The van der Waals surface area contributed by atoms with Crippen molar-refractivity contribution < 1.29 is 13.2 Å². The summed E-state index contributed by atoms with van der Waals surface area (Å²) in [6.45, 7) is 7.55. The molecule has 0 radical (unpaired) electrons. The molecule has 0 aromatic carbocycles. The Kier molecular flexibility index (Phi) is 5.49. The molecule has 0 aliphatic carbocycles. The van der Waals surface area contributed by atoms with Gasteiger partial charge < -0.3 is 9.80 Å². The number of pyridine rings is 1. The van der Waals surface area contributed by atoms with Crippen molar-refractivity contribution in [3.8, 4) is 0 Å². The van der Waals surface area contributed by atoms with Crippen LogP contribution >= 0.6 is 0 Å². The van der Waals surface area contributed by atoms with Gasteiger partial charge >= 0.3 is 6.03 Å². The zero-order valence-corrected chi connectivity index (χ0v) is 17.4. The number of likely N-dealkylation sites (tertiary alicyclic amines) is 1. The van der Waals surface area contributed by atoms with Crippen molar-refractivity contribution in [1.29, 1.82) is 0 Å². The molecule has 3 rings (SSSR count). The predicted octanol–water partition coefficient (Wildman–Crippen LogP) is 2.13. The Labute approximate surface area is 162 Å². The van der Waals surface area contributed by atoms with Gasteiger partial charge in [-0.05, 0) is 57.2 Å². The molecule has 3 heterocycles. The molecule has 0 unspecified atom stereocenters. The van der Waals surface area contributed by atoms with Gasteiger partial charge in [0, 0.05) is 51.2 Å². The van der Waals surface area contributed by atoms with Gasteiger partial charge in [-0.3, -0.25) is 4.98 Å². The largest absolute Gasteiger partial charge is 0.323 e. The van der Waals surface area contributed by atoms with Crippen molar-refractivity contribution in [2.75, 3.05) is 33.2 Å². The van der Waals surface area contributed by atoms with Gasteiger partial charge in [0.25, 0.3) is 0 Å². The Hall–Kier alpha value is -1.67. The first-order chi connectivity index (χ1) is 12.6. The zero-order valence-electron chi connectivity index (χ0n) is 16.6. The SMILES string of the molecule is CN(C(=O)N1CC(S(=O)(=O)N2CCC(c3ccncc3)CC2)C1)C(C)(C)C. The van der Waals surface area contributed by atoms with Crippen LogP contribution in [-0.4, -0.2) is 77.6 Å². The van der Waals surface area contributed by atoms with E-state index in [1.165, 1.54) is 5.56 Å². The Bertz CT molecular complexity index is 762. The molecule has 0 atom stereocenters. The van der Waals surface area contributed by atoms with Gasteiger partial charge in [0.15, 0.2) is 0 Å². The zero-order chi connectivity index (χ0) is 19.8. The van der Waals surface area contributed by atoms with Crippen LogP contribution in [0.1, 0.15) is 45.1 Å². The topological polar surface area (TPSA) is 73.8 Å². The number of nitrogens with zero attached hydrogens (tertiary/aromatic N) is 4. The van der Waals surface area contributed by atoms with Crippen molar-refractivity contribution in [3.63, 3.8) is 0 Å². The standard InChI is InChI=1S/C19H30N4O3S/c1-19(2,3)21(4)18(24)22-13-17(14-22)27(25,26)23-11-7-16(8-12-23)15-5-9-20-10-6-15/h5-6,9-10,16-17H,7-8,11-14H2,1-4H3. The summed E-state index contributed by atoms with van der Waals surface area (Å²) in [4.78, 5) is 19.8. The molecular formula is C19H30N4O3S. The third-order valence-electron chi connectivity index (χ3n) is 5.82. The third-order valence-corrected chi connectivity index (χ3v) is 8.05. The average Bonchev–Trinajstić information content (AvgIpc) is 2.59. The maximum absolute atomic E-state index is 12.9. The fourth-order valence-corrected chi connectivity index (χ4v) is 5.45. The van der Waals surface area contributed by atoms with Crippen LogP contribution in [0.3, 0.4) is 0 Å². The van der Waals surface area contributed by atoms with Crippen molar-refractivity contribution in [2.45, 2.75) is 50.3 Å². The molecule has 0 N–H and O–H groups in total. The summed E-state index contributed by atoms with van der Waals surface area (Å²) < 4.78 is 27.4. The Morgan fingerprint density at radius 2 is 1.70 bits per heavy atom. The highest BCUT2D eigenvalue weighted by Gasteiger charge is 2.45. The molecule has 2 amide bonds. The number of sulfonamides is 1. The van der Waals surface area contributed by atoms with Crippen LogP contribution < -0.4 is 0 Å². The summed E-state index contributed by atoms with van der Waals surface area (Å²) in [7, 11) is -1.59. The van der Waals surface area contributed by atoms with Crippen molar-refractivity contribution in [1.82, 2.24) is 19.1 Å². The Balaban J connectivity index is 1.54. The minimum Gasteiger partial charge on any atom is -0.323 e. The minimum absolute atomic E-state index is 0.106. The molecule has 0 spiro atoms. The fraction of sp³-hybridized carbons (Fsp3) is 0.684. The highest BCUT2D eigenvalue weighted by Crippen LogP contribution is 2.31. The maximum Gasteiger partial charge on any atom is 0.320 e. The van der Waals surface area contributed by atoms with Gasteiger partial charge in [0.05, 0.1) is 0 Å². The van der Waals surface area contributed by atoms with E-state index in [4.69, 9.17) is 0 Å². The summed E-state index contributed by atoms with van der Waals surface area (Å²) >= 11 is 0. The minimum atomic E-state index is -3.35. The van der Waals surface area contributed by atoms with Crippen LogP contribution in [0.25, 0.3) is 0 Å². The van der Waals surface area contributed by atoms with Crippen LogP contribution in [0.2, 0.25) is 0 Å². The van der Waals surface area contributed by atoms with E-state index in [-0.39, 0.29) is 24.7 Å². The highest BCUT2D eigenvalue weighted by molar-refractivity contribution is 7.89. The number of hydrogen-bond donors (Lipinski definition) is 0. The molecule has 27 heavy (non-hydrogen) atoms. The van der Waals surface area contributed by atoms with E-state index < -0.39 is 15.3 Å². The Morgan fingerprint density at radius 1 is 1.15 bits per heavy atom. The molecule has 150 valence electrons. The molecule has 1 aromatic heterocycles. The molecule has 1 aromatic rings. The van der Waals surface area contributed by atoms with Gasteiger partial charge in [0.2, 0.25) is 10.0 Å². The van der Waals surface area contributed by atoms with Gasteiger partial charge in [-0.1, -0.05) is 0 Å². The first kappa shape index (κ1) is 20.1. The molecule has 2 fully saturated rings. The number of amides is 2. The van der Waals surface area contributed by atoms with Crippen LogP contribution in [-0.2, 0) is 10.0 Å². The maximum atomic E-state index is 12.9. The predicted molar refractivity (Wildman–Crippen MR) is 105 cm³/mol. The summed E-state index contributed by atoms with van der Waals surface area (Å²) in [6, 6.07) is 3.91. The molecule has 8 heteroatoms. The molecular weight excluding hydrogens is 364 g/mol. The van der Waals surface area contributed by atoms with Crippen LogP contribution in [0, 0.1) is 0 Å². The lowest BCUT2D eigenvalue weighted by Gasteiger charge is -2.45. The van der Waals surface area contributed by atoms with E-state index in [9.17, 15) is 13.2 Å². The van der Waals surface area contributed by atoms with E-state index in [1.807, 2.05) is 32.9 Å². The number of rotatable bonds is 3. The smallest absolute Gasteiger partial charge is 0.320 e. The van der Waals surface area contributed by atoms with Crippen molar-refractivity contribution >= 4 is 16.1 Å². The van der Waals surface area contributed by atoms with Gasteiger partial charge in [-0.2, -0.15) is 0 Å². The molecule has 0 saturated carbocycles. The van der Waals surface area contributed by atoms with E-state index in [0.717, 1.165) is 12.8 Å². The summed E-state index contributed by atoms with van der Waals surface area (Å²) in [6.07, 6.45) is 5.22. The first-order valence-electron chi connectivity index (χ1n) is 9.52. The average molecular weight is 395 g/mol. The third kappa shape index (κ3) is 4.11. The fourth-order valence-electron chi connectivity index (χ4n) is 3.57. The normalized spacial score (nSPS) is 20.4. The van der Waals surface area contributed by atoms with Gasteiger partial charge in [0.1, 0.15) is 5.25 Å². The number of piperidine rings is 1. The number of aromatic nitrogens is 1. The molecule has 7 nitrogen and oxygen atoms in total. The van der Waals surface area contributed by atoms with Gasteiger partial charge in [-0.25, -0.2) is 17.5 Å². The van der Waals surface area contributed by atoms with E-state index in [2.05, 4.69) is 4.98 Å². The number of hydrogen-bond acceptors (Lipinski definition) is 4. The van der Waals surface area contributed by atoms with E-state index in [0.29, 0.717) is 19.0 Å². The Morgan fingerprint density at radius 3 is 2.22 bits per heavy atom. The lowest BCUT2D eigenvalue weighted by molar-refractivity contribution is 0.105. The quantitative estimate of drug-likeness (QED) is 0.787. The number of carbonyl (C=O) groups excluding carboxylic acids is 1. The lowest BCUT2D eigenvalue weighted by atomic mass is 9.91. The number of urea groups is 1. The van der Waals surface area contributed by atoms with Crippen molar-refractivity contribution in [3.05, 3.63) is 30.1 Å². The molecule has 2 saturated heterocycles. The summed E-state index contributed by atoms with van der Waals surface area (Å²) in [5.41, 5.74) is 0.947. The lowest BCUT2D eigenvalue weighted by Crippen LogP contribution is -2.63. The summed E-state index contributed by atoms with van der Waals surface area (Å²) in [5.74, 6) is 0.388. The number of carbonyl (C=O) groups is 1. The molecule has 0 bridgehead atoms. The van der Waals surface area contributed by atoms with Gasteiger partial charge in [-0.15, -0.1) is 0 Å². The second kappa shape index (κ2) is 7.39. The van der Waals surface area contributed by atoms with Crippen LogP contribution in [0.5, 0.6) is 0 Å². The van der Waals surface area contributed by atoms with Crippen LogP contribution in [0.15, 0.2) is 24.5 Å². The van der Waals surface area contributed by atoms with Crippen molar-refractivity contribution in [2.24, 2.45) is 0 Å². The highest BCUT2D eigenvalue weighted by atomic mass is 32.2. The molecule has 2 aliphatic rings. The molecule has 2 aliphatic heterocycles. The second-order valence-corrected chi connectivity index (χ2v) is 10.8. The first-order valence-corrected chi connectivity index (χ1v) is 11.0. The summed E-state index contributed by atoms with van der Waals surface area (Å²) in [5, 5.41) is -0.479.